The van der Waals surface area contributed by atoms with Crippen molar-refractivity contribution in [1.29, 1.82) is 0 Å². The number of nitrogens with zero attached hydrogens (tertiary/aromatic N) is 2. The first-order valence-electron chi connectivity index (χ1n) is 5.00. The van der Waals surface area contributed by atoms with Gasteiger partial charge in [0.25, 0.3) is 0 Å². The molecule has 0 atom stereocenters. The molecule has 0 unspecified atom stereocenters. The van der Waals surface area contributed by atoms with E-state index >= 15 is 0 Å². The maximum absolute atomic E-state index is 13.5. The minimum Gasteiger partial charge on any atom is -0.494 e. The Kier molecular flexibility index (Phi) is 3.18. The number of ether oxygens (including phenoxy) is 1. The molecule has 2 rings (SSSR count). The molecule has 92 valence electrons. The van der Waals surface area contributed by atoms with E-state index in [1.807, 2.05) is 0 Å². The molecule has 2 aromatic heterocycles. The van der Waals surface area contributed by atoms with Crippen LogP contribution in [0.1, 0.15) is 10.4 Å². The molecule has 2 heterocycles. The zero-order valence-corrected chi connectivity index (χ0v) is 9.42. The van der Waals surface area contributed by atoms with Crippen LogP contribution in [0.15, 0.2) is 30.7 Å². The Morgan fingerprint density at radius 2 is 2.22 bits per heavy atom. The highest BCUT2D eigenvalue weighted by Gasteiger charge is 2.15. The highest BCUT2D eigenvalue weighted by atomic mass is 19.1. The predicted molar refractivity (Wildman–Crippen MR) is 60.9 cm³/mol. The van der Waals surface area contributed by atoms with Crippen molar-refractivity contribution in [3.63, 3.8) is 0 Å². The Labute approximate surface area is 102 Å². The van der Waals surface area contributed by atoms with Gasteiger partial charge in [0.2, 0.25) is 0 Å². The van der Waals surface area contributed by atoms with Crippen LogP contribution < -0.4 is 4.74 Å². The summed E-state index contributed by atoms with van der Waals surface area (Å²) >= 11 is 0. The van der Waals surface area contributed by atoms with Crippen LogP contribution in [0.3, 0.4) is 0 Å². The van der Waals surface area contributed by atoms with Crippen molar-refractivity contribution in [3.05, 3.63) is 42.1 Å². The van der Waals surface area contributed by atoms with Gasteiger partial charge < -0.3 is 9.84 Å². The van der Waals surface area contributed by atoms with Crippen molar-refractivity contribution in [1.82, 2.24) is 9.97 Å². The summed E-state index contributed by atoms with van der Waals surface area (Å²) in [5, 5.41) is 9.02. The average molecular weight is 248 g/mol. The fourth-order valence-corrected chi connectivity index (χ4v) is 1.50. The summed E-state index contributed by atoms with van der Waals surface area (Å²) in [6, 6.07) is 2.69. The Bertz CT molecular complexity index is 602. The highest BCUT2D eigenvalue weighted by molar-refractivity contribution is 5.92. The molecule has 0 spiro atoms. The molecule has 0 radical (unpaired) electrons. The number of carbonyl (C=O) groups is 1. The predicted octanol–water partition coefficient (Wildman–Crippen LogP) is 1.99. The molecular weight excluding hydrogens is 239 g/mol. The summed E-state index contributed by atoms with van der Waals surface area (Å²) in [7, 11) is 1.34. The van der Waals surface area contributed by atoms with Crippen molar-refractivity contribution in [2.45, 2.75) is 0 Å². The van der Waals surface area contributed by atoms with E-state index in [-0.39, 0.29) is 22.6 Å². The van der Waals surface area contributed by atoms with E-state index in [4.69, 9.17) is 9.84 Å². The van der Waals surface area contributed by atoms with Gasteiger partial charge in [-0.25, -0.2) is 9.18 Å². The molecule has 2 aromatic rings. The largest absolute Gasteiger partial charge is 0.494 e. The van der Waals surface area contributed by atoms with Crippen LogP contribution in [0.25, 0.3) is 11.3 Å². The molecule has 0 fully saturated rings. The lowest BCUT2D eigenvalue weighted by Crippen LogP contribution is -2.02. The second-order valence-electron chi connectivity index (χ2n) is 3.43. The quantitative estimate of drug-likeness (QED) is 0.899. The first-order valence-corrected chi connectivity index (χ1v) is 5.00. The Morgan fingerprint density at radius 3 is 2.83 bits per heavy atom. The summed E-state index contributed by atoms with van der Waals surface area (Å²) in [5.41, 5.74) is 0.335. The van der Waals surface area contributed by atoms with Gasteiger partial charge in [-0.3, -0.25) is 9.97 Å². The summed E-state index contributed by atoms with van der Waals surface area (Å²) in [6.07, 6.45) is 3.70. The molecule has 0 aromatic carbocycles. The van der Waals surface area contributed by atoms with E-state index < -0.39 is 11.8 Å². The van der Waals surface area contributed by atoms with Gasteiger partial charge in [0.1, 0.15) is 5.56 Å². The van der Waals surface area contributed by atoms with Gasteiger partial charge >= 0.3 is 5.97 Å². The number of methoxy groups -OCH3 is 1. The number of carboxylic acids is 1. The van der Waals surface area contributed by atoms with Crippen LogP contribution in [0, 0.1) is 5.82 Å². The molecule has 0 saturated heterocycles. The van der Waals surface area contributed by atoms with Gasteiger partial charge in [0, 0.05) is 11.8 Å². The normalized spacial score (nSPS) is 10.1. The number of aromatic carboxylic acids is 1. The molecule has 0 aliphatic carbocycles. The SMILES string of the molecule is COc1cnc(-c2ccncc2F)cc1C(=O)O. The highest BCUT2D eigenvalue weighted by Crippen LogP contribution is 2.25. The van der Waals surface area contributed by atoms with Gasteiger partial charge in [-0.15, -0.1) is 0 Å². The number of pyridine rings is 2. The smallest absolute Gasteiger partial charge is 0.339 e. The maximum atomic E-state index is 13.5. The fraction of sp³-hybridized carbons (Fsp3) is 0.0833. The van der Waals surface area contributed by atoms with Crippen molar-refractivity contribution >= 4 is 5.97 Å². The minimum atomic E-state index is -1.16. The number of hydrogen-bond acceptors (Lipinski definition) is 4. The minimum absolute atomic E-state index is 0.0706. The van der Waals surface area contributed by atoms with Crippen molar-refractivity contribution in [2.24, 2.45) is 0 Å². The second kappa shape index (κ2) is 4.79. The summed E-state index contributed by atoms with van der Waals surface area (Å²) in [5.74, 6) is -1.60. The third-order valence-electron chi connectivity index (χ3n) is 2.37. The number of halogens is 1. The third kappa shape index (κ3) is 2.13. The summed E-state index contributed by atoms with van der Waals surface area (Å²) < 4.78 is 18.4. The molecule has 0 saturated carbocycles. The molecule has 6 heteroatoms. The van der Waals surface area contributed by atoms with E-state index in [1.165, 1.54) is 31.6 Å². The third-order valence-corrected chi connectivity index (χ3v) is 2.37. The molecule has 0 aliphatic rings. The first-order chi connectivity index (χ1) is 8.63. The van der Waals surface area contributed by atoms with Crippen LogP contribution in [0.4, 0.5) is 4.39 Å². The van der Waals surface area contributed by atoms with Crippen LogP contribution in [0.2, 0.25) is 0 Å². The zero-order valence-electron chi connectivity index (χ0n) is 9.42. The lowest BCUT2D eigenvalue weighted by Gasteiger charge is -2.07. The number of rotatable bonds is 3. The van der Waals surface area contributed by atoms with Gasteiger partial charge in [-0.2, -0.15) is 0 Å². The summed E-state index contributed by atoms with van der Waals surface area (Å²) in [6.45, 7) is 0. The maximum Gasteiger partial charge on any atom is 0.339 e. The molecule has 18 heavy (non-hydrogen) atoms. The van der Waals surface area contributed by atoms with Crippen molar-refractivity contribution in [2.75, 3.05) is 7.11 Å². The lowest BCUT2D eigenvalue weighted by atomic mass is 10.1. The van der Waals surface area contributed by atoms with E-state index in [0.717, 1.165) is 6.20 Å². The monoisotopic (exact) mass is 248 g/mol. The van der Waals surface area contributed by atoms with Gasteiger partial charge in [0.05, 0.1) is 25.2 Å². The van der Waals surface area contributed by atoms with Gasteiger partial charge in [-0.1, -0.05) is 0 Å². The molecule has 0 aliphatic heterocycles. The van der Waals surface area contributed by atoms with Crippen molar-refractivity contribution < 1.29 is 19.0 Å². The molecular formula is C12H9FN2O3. The lowest BCUT2D eigenvalue weighted by molar-refractivity contribution is 0.0693. The van der Waals surface area contributed by atoms with Gasteiger partial charge in [-0.05, 0) is 12.1 Å². The Hall–Kier alpha value is -2.50. The second-order valence-corrected chi connectivity index (χ2v) is 3.43. The molecule has 5 nitrogen and oxygen atoms in total. The topological polar surface area (TPSA) is 72.3 Å². The van der Waals surface area contributed by atoms with E-state index in [9.17, 15) is 9.18 Å². The summed E-state index contributed by atoms with van der Waals surface area (Å²) in [4.78, 5) is 18.6. The standard InChI is InChI=1S/C12H9FN2O3/c1-18-11-6-15-10(4-8(11)12(16)17)7-2-3-14-5-9(7)13/h2-6H,1H3,(H,16,17). The van der Waals surface area contributed by atoms with Crippen LogP contribution in [-0.4, -0.2) is 28.2 Å². The number of carboxylic acid groups (broad SMARTS) is 1. The molecule has 0 bridgehead atoms. The van der Waals surface area contributed by atoms with Crippen LogP contribution in [-0.2, 0) is 0 Å². The fourth-order valence-electron chi connectivity index (χ4n) is 1.50. The van der Waals surface area contributed by atoms with Crippen molar-refractivity contribution in [3.8, 4) is 17.0 Å². The Balaban J connectivity index is 2.57. The van der Waals surface area contributed by atoms with E-state index in [2.05, 4.69) is 9.97 Å². The van der Waals surface area contributed by atoms with Crippen LogP contribution in [0.5, 0.6) is 5.75 Å². The molecule has 1 N–H and O–H groups in total. The van der Waals surface area contributed by atoms with E-state index in [0.29, 0.717) is 0 Å². The van der Waals surface area contributed by atoms with Gasteiger partial charge in [0.15, 0.2) is 11.6 Å². The van der Waals surface area contributed by atoms with E-state index in [1.54, 1.807) is 0 Å². The first kappa shape index (κ1) is 12.0. The Morgan fingerprint density at radius 1 is 1.44 bits per heavy atom. The zero-order chi connectivity index (χ0) is 13.1. The number of aromatic nitrogens is 2. The van der Waals surface area contributed by atoms with Crippen LogP contribution >= 0.6 is 0 Å². The molecule has 0 amide bonds. The number of hydrogen-bond donors (Lipinski definition) is 1. The average Bonchev–Trinajstić information content (AvgIpc) is 2.38.